The van der Waals surface area contributed by atoms with E-state index in [1.165, 1.54) is 51.4 Å². The second kappa shape index (κ2) is 11.2. The summed E-state index contributed by atoms with van der Waals surface area (Å²) >= 11 is 1.54. The SMILES string of the molecule is CCCCCCCN(CCc1cs[c]n1)c1ncc(N2CCCCC2)cn1. The van der Waals surface area contributed by atoms with Gasteiger partial charge in [-0.15, -0.1) is 11.3 Å². The third-order valence-corrected chi connectivity index (χ3v) is 5.82. The lowest BCUT2D eigenvalue weighted by Crippen LogP contribution is -2.31. The highest BCUT2D eigenvalue weighted by Crippen LogP contribution is 2.20. The number of hydrogen-bond donors (Lipinski definition) is 0. The molecule has 1 aliphatic rings. The van der Waals surface area contributed by atoms with E-state index in [-0.39, 0.29) is 0 Å². The smallest absolute Gasteiger partial charge is 0.225 e. The Bertz CT molecular complexity index is 623. The van der Waals surface area contributed by atoms with Gasteiger partial charge in [0.15, 0.2) is 5.51 Å². The predicted molar refractivity (Wildman–Crippen MR) is 114 cm³/mol. The average molecular weight is 387 g/mol. The molecule has 27 heavy (non-hydrogen) atoms. The van der Waals surface area contributed by atoms with Crippen molar-refractivity contribution in [3.63, 3.8) is 0 Å². The second-order valence-electron chi connectivity index (χ2n) is 7.37. The molecule has 1 saturated heterocycles. The van der Waals surface area contributed by atoms with Gasteiger partial charge >= 0.3 is 0 Å². The summed E-state index contributed by atoms with van der Waals surface area (Å²) in [6.45, 7) is 6.44. The van der Waals surface area contributed by atoms with Crippen LogP contribution < -0.4 is 9.80 Å². The molecule has 1 radical (unpaired) electrons. The van der Waals surface area contributed by atoms with E-state index in [0.717, 1.165) is 49.9 Å². The van der Waals surface area contributed by atoms with E-state index in [1.807, 2.05) is 12.4 Å². The molecule has 0 N–H and O–H groups in total. The van der Waals surface area contributed by atoms with Crippen molar-refractivity contribution in [2.75, 3.05) is 36.0 Å². The maximum Gasteiger partial charge on any atom is 0.225 e. The van der Waals surface area contributed by atoms with Crippen LogP contribution in [0.15, 0.2) is 17.8 Å². The van der Waals surface area contributed by atoms with Gasteiger partial charge in [0, 0.05) is 38.0 Å². The topological polar surface area (TPSA) is 45.2 Å². The van der Waals surface area contributed by atoms with Gasteiger partial charge in [-0.3, -0.25) is 0 Å². The number of nitrogens with zero attached hydrogens (tertiary/aromatic N) is 5. The van der Waals surface area contributed by atoms with Gasteiger partial charge in [0.05, 0.1) is 23.8 Å². The van der Waals surface area contributed by atoms with E-state index in [0.29, 0.717) is 0 Å². The van der Waals surface area contributed by atoms with Crippen molar-refractivity contribution in [3.8, 4) is 0 Å². The van der Waals surface area contributed by atoms with Gasteiger partial charge in [-0.2, -0.15) is 0 Å². The van der Waals surface area contributed by atoms with Crippen molar-refractivity contribution in [2.24, 2.45) is 0 Å². The molecule has 5 nitrogen and oxygen atoms in total. The summed E-state index contributed by atoms with van der Waals surface area (Å²) < 4.78 is 0. The molecule has 0 unspecified atom stereocenters. The van der Waals surface area contributed by atoms with Crippen molar-refractivity contribution in [3.05, 3.63) is 29.0 Å². The highest BCUT2D eigenvalue weighted by atomic mass is 32.1. The lowest BCUT2D eigenvalue weighted by Gasteiger charge is -2.29. The molecular weight excluding hydrogens is 354 g/mol. The lowest BCUT2D eigenvalue weighted by molar-refractivity contribution is 0.576. The Morgan fingerprint density at radius 2 is 1.81 bits per heavy atom. The van der Waals surface area contributed by atoms with Crippen LogP contribution in [0.4, 0.5) is 11.6 Å². The molecule has 2 aromatic rings. The number of aromatic nitrogens is 3. The minimum Gasteiger partial charge on any atom is -0.369 e. The van der Waals surface area contributed by atoms with Crippen LogP contribution in [0.3, 0.4) is 0 Å². The van der Waals surface area contributed by atoms with Crippen molar-refractivity contribution in [2.45, 2.75) is 64.7 Å². The molecule has 2 aromatic heterocycles. The lowest BCUT2D eigenvalue weighted by atomic mass is 10.1. The molecule has 0 bridgehead atoms. The first-order valence-electron chi connectivity index (χ1n) is 10.5. The van der Waals surface area contributed by atoms with Crippen molar-refractivity contribution < 1.29 is 0 Å². The first kappa shape index (κ1) is 20.1. The summed E-state index contributed by atoms with van der Waals surface area (Å²) in [5.41, 5.74) is 5.21. The normalized spacial score (nSPS) is 14.5. The Hall–Kier alpha value is -1.69. The largest absolute Gasteiger partial charge is 0.369 e. The van der Waals surface area contributed by atoms with Gasteiger partial charge in [-0.05, 0) is 25.7 Å². The molecule has 6 heteroatoms. The van der Waals surface area contributed by atoms with Crippen LogP contribution in [0.2, 0.25) is 0 Å². The van der Waals surface area contributed by atoms with Crippen LogP contribution in [-0.4, -0.2) is 41.1 Å². The summed E-state index contributed by atoms with van der Waals surface area (Å²) in [6, 6.07) is 0. The zero-order chi connectivity index (χ0) is 18.7. The van der Waals surface area contributed by atoms with E-state index in [9.17, 15) is 0 Å². The minimum absolute atomic E-state index is 0.852. The van der Waals surface area contributed by atoms with Crippen LogP contribution in [0.25, 0.3) is 0 Å². The number of anilines is 2. The molecule has 0 atom stereocenters. The quantitative estimate of drug-likeness (QED) is 0.522. The molecule has 0 aromatic carbocycles. The Morgan fingerprint density at radius 1 is 1.04 bits per heavy atom. The van der Waals surface area contributed by atoms with Crippen molar-refractivity contribution in [1.82, 2.24) is 15.0 Å². The average Bonchev–Trinajstić information content (AvgIpc) is 3.24. The summed E-state index contributed by atoms with van der Waals surface area (Å²) in [5, 5.41) is 2.08. The van der Waals surface area contributed by atoms with Crippen LogP contribution in [0.1, 0.15) is 64.0 Å². The summed E-state index contributed by atoms with van der Waals surface area (Å²) in [6.07, 6.45) is 15.2. The third-order valence-electron chi connectivity index (χ3n) is 5.23. The van der Waals surface area contributed by atoms with Crippen LogP contribution in [-0.2, 0) is 6.42 Å². The van der Waals surface area contributed by atoms with E-state index >= 15 is 0 Å². The Kier molecular flexibility index (Phi) is 8.33. The van der Waals surface area contributed by atoms with Crippen LogP contribution in [0, 0.1) is 5.51 Å². The van der Waals surface area contributed by atoms with Crippen LogP contribution in [0.5, 0.6) is 0 Å². The van der Waals surface area contributed by atoms with Gasteiger partial charge in [0.25, 0.3) is 0 Å². The van der Waals surface area contributed by atoms with Gasteiger partial charge in [-0.25, -0.2) is 15.0 Å². The second-order valence-corrected chi connectivity index (χ2v) is 8.02. The number of unbranched alkanes of at least 4 members (excludes halogenated alkanes) is 4. The standard InChI is InChI=1S/C21H32N5S/c1-2-3-4-5-7-13-26(14-10-19-17-27-18-24-19)21-22-15-20(16-23-21)25-11-8-6-9-12-25/h15-17H,2-14H2,1H3. The predicted octanol–water partition coefficient (Wildman–Crippen LogP) is 4.74. The van der Waals surface area contributed by atoms with Gasteiger partial charge in [-0.1, -0.05) is 32.6 Å². The third kappa shape index (κ3) is 6.45. The highest BCUT2D eigenvalue weighted by molar-refractivity contribution is 7.07. The maximum absolute atomic E-state index is 4.72. The van der Waals surface area contributed by atoms with Crippen LogP contribution >= 0.6 is 11.3 Å². The fraction of sp³-hybridized carbons (Fsp3) is 0.667. The number of thiazole rings is 1. The maximum atomic E-state index is 4.72. The number of piperidine rings is 1. The fourth-order valence-corrected chi connectivity index (χ4v) is 4.11. The summed E-state index contributed by atoms with van der Waals surface area (Å²) in [7, 11) is 0. The first-order valence-corrected chi connectivity index (χ1v) is 11.4. The molecule has 0 spiro atoms. The van der Waals surface area contributed by atoms with E-state index in [2.05, 4.69) is 32.6 Å². The number of rotatable bonds is 11. The molecule has 1 aliphatic heterocycles. The number of hydrogen-bond acceptors (Lipinski definition) is 6. The monoisotopic (exact) mass is 386 g/mol. The molecule has 0 aliphatic carbocycles. The highest BCUT2D eigenvalue weighted by Gasteiger charge is 2.14. The van der Waals surface area contributed by atoms with Gasteiger partial charge < -0.3 is 9.80 Å². The summed E-state index contributed by atoms with van der Waals surface area (Å²) in [4.78, 5) is 18.5. The zero-order valence-corrected chi connectivity index (χ0v) is 17.4. The molecule has 147 valence electrons. The minimum atomic E-state index is 0.852. The molecule has 3 rings (SSSR count). The molecular formula is C21H32N5S. The van der Waals surface area contributed by atoms with E-state index < -0.39 is 0 Å². The molecule has 1 fully saturated rings. The summed E-state index contributed by atoms with van der Waals surface area (Å²) in [5.74, 6) is 0.852. The van der Waals surface area contributed by atoms with Crippen molar-refractivity contribution >= 4 is 23.0 Å². The fourth-order valence-electron chi connectivity index (χ4n) is 3.58. The molecule has 0 amide bonds. The Labute approximate surface area is 167 Å². The van der Waals surface area contributed by atoms with Gasteiger partial charge in [0.2, 0.25) is 5.95 Å². The van der Waals surface area contributed by atoms with Crippen molar-refractivity contribution in [1.29, 1.82) is 0 Å². The molecule has 0 saturated carbocycles. The van der Waals surface area contributed by atoms with Gasteiger partial charge in [0.1, 0.15) is 0 Å². The Balaban J connectivity index is 1.59. The zero-order valence-electron chi connectivity index (χ0n) is 16.6. The Morgan fingerprint density at radius 3 is 2.52 bits per heavy atom. The first-order chi connectivity index (χ1) is 13.4. The van der Waals surface area contributed by atoms with E-state index in [1.54, 1.807) is 11.3 Å². The molecule has 3 heterocycles. The van der Waals surface area contributed by atoms with E-state index in [4.69, 9.17) is 9.97 Å².